The predicted molar refractivity (Wildman–Crippen MR) is 142 cm³/mol. The minimum absolute atomic E-state index is 0.0155. The molecule has 2 aromatic rings. The molecule has 12 nitrogen and oxygen atoms in total. The Morgan fingerprint density at radius 2 is 1.97 bits per heavy atom. The number of guanidine groups is 1. The monoisotopic (exact) mass is 547 g/mol. The third kappa shape index (κ3) is 8.63. The van der Waals surface area contributed by atoms with Crippen LogP contribution in [0.3, 0.4) is 0 Å². The Labute approximate surface area is 221 Å². The molecule has 1 amide bonds. The second kappa shape index (κ2) is 13.1. The molecule has 2 atom stereocenters. The van der Waals surface area contributed by atoms with Gasteiger partial charge in [-0.15, -0.1) is 0 Å². The van der Waals surface area contributed by atoms with Crippen molar-refractivity contribution in [2.24, 2.45) is 16.5 Å². The predicted octanol–water partition coefficient (Wildman–Crippen LogP) is 1.58. The minimum atomic E-state index is -3.69. The lowest BCUT2D eigenvalue weighted by Crippen LogP contribution is -2.43. The van der Waals surface area contributed by atoms with E-state index in [0.29, 0.717) is 42.9 Å². The zero-order valence-corrected chi connectivity index (χ0v) is 21.9. The number of hydrogen-bond donors (Lipinski definition) is 4. The number of aliphatic carboxylic acids is 1. The number of nitrogens with two attached hydrogens (primary N) is 2. The molecule has 2 aromatic carbocycles. The van der Waals surface area contributed by atoms with Crippen molar-refractivity contribution in [2.75, 3.05) is 23.8 Å². The van der Waals surface area contributed by atoms with Crippen molar-refractivity contribution in [3.63, 3.8) is 0 Å². The third-order valence-corrected chi connectivity index (χ3v) is 7.20. The maximum Gasteiger partial charge on any atom is 0.414 e. The molecule has 1 fully saturated rings. The van der Waals surface area contributed by atoms with Crippen molar-refractivity contribution in [2.45, 2.75) is 44.9 Å². The number of amides is 1. The smallest absolute Gasteiger partial charge is 0.414 e. The lowest BCUT2D eigenvalue weighted by atomic mass is 10.1. The Bertz CT molecular complexity index is 1250. The van der Waals surface area contributed by atoms with Crippen LogP contribution in [0.5, 0.6) is 5.75 Å². The lowest BCUT2D eigenvalue weighted by Gasteiger charge is -2.16. The summed E-state index contributed by atoms with van der Waals surface area (Å²) in [5, 5.41) is 9.46. The molecule has 0 aliphatic carbocycles. The van der Waals surface area contributed by atoms with Crippen LogP contribution in [-0.2, 0) is 32.5 Å². The van der Waals surface area contributed by atoms with Crippen LogP contribution in [0, 0.1) is 0 Å². The SMILES string of the molecule is CCCCS(=O)(=O)NC(Cc1ccc(OCC2CN(c3cccc(CN=C(N)N)c3)C(=O)O2)cc1)C(=O)O. The number of carboxylic acids is 1. The van der Waals surface area contributed by atoms with Crippen LogP contribution in [0.15, 0.2) is 53.5 Å². The Morgan fingerprint density at radius 3 is 2.63 bits per heavy atom. The van der Waals surface area contributed by atoms with E-state index < -0.39 is 34.2 Å². The van der Waals surface area contributed by atoms with E-state index in [1.807, 2.05) is 19.1 Å². The van der Waals surface area contributed by atoms with Crippen LogP contribution in [-0.4, -0.2) is 62.6 Å². The normalized spacial score (nSPS) is 16.1. The van der Waals surface area contributed by atoms with Gasteiger partial charge < -0.3 is 26.0 Å². The first-order valence-electron chi connectivity index (χ1n) is 12.1. The number of hydrogen-bond acceptors (Lipinski definition) is 7. The summed E-state index contributed by atoms with van der Waals surface area (Å²) in [5.74, 6) is -0.889. The van der Waals surface area contributed by atoms with Gasteiger partial charge in [-0.25, -0.2) is 22.9 Å². The Kier molecular flexibility index (Phi) is 9.91. The van der Waals surface area contributed by atoms with Crippen LogP contribution in [0.25, 0.3) is 0 Å². The number of carboxylic acid groups (broad SMARTS) is 1. The van der Waals surface area contributed by atoms with Crippen molar-refractivity contribution in [3.05, 3.63) is 59.7 Å². The van der Waals surface area contributed by atoms with E-state index in [0.717, 1.165) is 5.56 Å². The number of anilines is 1. The highest BCUT2D eigenvalue weighted by atomic mass is 32.2. The summed E-state index contributed by atoms with van der Waals surface area (Å²) in [6.07, 6.45) is 0.129. The van der Waals surface area contributed by atoms with Gasteiger partial charge in [0.1, 0.15) is 18.4 Å². The standard InChI is InChI=1S/C25H33N5O7S/c1-2-3-11-38(34,35)29-22(23(31)32)13-17-7-9-20(10-8-17)36-16-21-15-30(25(33)37-21)19-6-4-5-18(12-19)14-28-24(26)27/h4-10,12,21-22,29H,2-3,11,13-16H2,1H3,(H,31,32)(H4,26,27,28). The fourth-order valence-electron chi connectivity index (χ4n) is 3.76. The topological polar surface area (TPSA) is 187 Å². The molecular formula is C25H33N5O7S. The zero-order valence-electron chi connectivity index (χ0n) is 21.1. The molecule has 0 bridgehead atoms. The van der Waals surface area contributed by atoms with Crippen molar-refractivity contribution >= 4 is 33.7 Å². The molecule has 0 aromatic heterocycles. The summed E-state index contributed by atoms with van der Waals surface area (Å²) in [5.41, 5.74) is 12.9. The van der Waals surface area contributed by atoms with Gasteiger partial charge in [-0.1, -0.05) is 37.6 Å². The summed E-state index contributed by atoms with van der Waals surface area (Å²) in [7, 11) is -3.69. The van der Waals surface area contributed by atoms with Crippen LogP contribution in [0.2, 0.25) is 0 Å². The first-order chi connectivity index (χ1) is 18.1. The Morgan fingerprint density at radius 1 is 1.24 bits per heavy atom. The maximum atomic E-state index is 12.4. The van der Waals surface area contributed by atoms with E-state index in [4.69, 9.17) is 20.9 Å². The first-order valence-corrected chi connectivity index (χ1v) is 13.8. The molecule has 0 saturated carbocycles. The summed E-state index contributed by atoms with van der Waals surface area (Å²) in [6.45, 7) is 2.56. The maximum absolute atomic E-state index is 12.4. The quantitative estimate of drug-likeness (QED) is 0.201. The number of sulfonamides is 1. The van der Waals surface area contributed by atoms with Crippen molar-refractivity contribution in [3.8, 4) is 5.75 Å². The number of carbonyl (C=O) groups is 2. The molecule has 6 N–H and O–H groups in total. The lowest BCUT2D eigenvalue weighted by molar-refractivity contribution is -0.138. The summed E-state index contributed by atoms with van der Waals surface area (Å²) in [6, 6.07) is 12.6. The van der Waals surface area contributed by atoms with Gasteiger partial charge >= 0.3 is 12.1 Å². The summed E-state index contributed by atoms with van der Waals surface area (Å²) in [4.78, 5) is 29.5. The van der Waals surface area contributed by atoms with Gasteiger partial charge in [0.25, 0.3) is 0 Å². The number of nitrogens with zero attached hydrogens (tertiary/aromatic N) is 2. The summed E-state index contributed by atoms with van der Waals surface area (Å²) >= 11 is 0. The van der Waals surface area contributed by atoms with Gasteiger partial charge in [-0.2, -0.15) is 0 Å². The first kappa shape index (κ1) is 28.7. The largest absolute Gasteiger partial charge is 0.490 e. The summed E-state index contributed by atoms with van der Waals surface area (Å²) < 4.78 is 37.7. The number of nitrogens with one attached hydrogen (secondary N) is 1. The Balaban J connectivity index is 1.54. The van der Waals surface area contributed by atoms with Gasteiger partial charge in [-0.05, 0) is 48.2 Å². The third-order valence-electron chi connectivity index (χ3n) is 5.73. The van der Waals surface area contributed by atoms with E-state index in [2.05, 4.69) is 9.71 Å². The number of benzene rings is 2. The average molecular weight is 548 g/mol. The van der Waals surface area contributed by atoms with E-state index in [1.165, 1.54) is 4.90 Å². The van der Waals surface area contributed by atoms with E-state index >= 15 is 0 Å². The molecule has 3 rings (SSSR count). The molecule has 13 heteroatoms. The molecule has 38 heavy (non-hydrogen) atoms. The molecule has 1 saturated heterocycles. The molecule has 1 aliphatic heterocycles. The number of ether oxygens (including phenoxy) is 2. The van der Waals surface area contributed by atoms with Crippen LogP contribution < -0.4 is 25.8 Å². The van der Waals surface area contributed by atoms with Crippen molar-refractivity contribution in [1.29, 1.82) is 0 Å². The van der Waals surface area contributed by atoms with E-state index in [-0.39, 0.29) is 24.7 Å². The van der Waals surface area contributed by atoms with Crippen molar-refractivity contribution < 1.29 is 32.6 Å². The molecular weight excluding hydrogens is 514 g/mol. The van der Waals surface area contributed by atoms with Crippen LogP contribution >= 0.6 is 0 Å². The fourth-order valence-corrected chi connectivity index (χ4v) is 5.16. The van der Waals surface area contributed by atoms with Crippen LogP contribution in [0.4, 0.5) is 10.5 Å². The van der Waals surface area contributed by atoms with Gasteiger partial charge in [-0.3, -0.25) is 9.69 Å². The number of carbonyl (C=O) groups excluding carboxylic acids is 1. The zero-order chi connectivity index (χ0) is 27.7. The molecule has 206 valence electrons. The van der Waals surface area contributed by atoms with Gasteiger partial charge in [0.15, 0.2) is 12.1 Å². The highest BCUT2D eigenvalue weighted by Gasteiger charge is 2.33. The number of cyclic esters (lactones) is 1. The molecule has 0 spiro atoms. The highest BCUT2D eigenvalue weighted by molar-refractivity contribution is 7.89. The molecule has 0 radical (unpaired) electrons. The van der Waals surface area contributed by atoms with Crippen LogP contribution in [0.1, 0.15) is 30.9 Å². The fraction of sp³-hybridized carbons (Fsp3) is 0.400. The number of rotatable bonds is 14. The molecule has 1 heterocycles. The van der Waals surface area contributed by atoms with Gasteiger partial charge in [0.2, 0.25) is 10.0 Å². The molecule has 1 aliphatic rings. The van der Waals surface area contributed by atoms with Gasteiger partial charge in [0.05, 0.1) is 18.8 Å². The number of unbranched alkanes of at least 4 members (excludes halogenated alkanes) is 1. The second-order valence-corrected chi connectivity index (χ2v) is 10.7. The minimum Gasteiger partial charge on any atom is -0.490 e. The molecule has 2 unspecified atom stereocenters. The average Bonchev–Trinajstić information content (AvgIpc) is 3.26. The number of aliphatic imine (C=N–C) groups is 1. The second-order valence-electron chi connectivity index (χ2n) is 8.87. The Hall–Kier alpha value is -3.84. The highest BCUT2D eigenvalue weighted by Crippen LogP contribution is 2.24. The van der Waals surface area contributed by atoms with E-state index in [1.54, 1.807) is 36.4 Å². The van der Waals surface area contributed by atoms with E-state index in [9.17, 15) is 23.1 Å². The van der Waals surface area contributed by atoms with Gasteiger partial charge in [0, 0.05) is 5.69 Å². The van der Waals surface area contributed by atoms with Crippen molar-refractivity contribution in [1.82, 2.24) is 4.72 Å².